The number of ether oxygens (including phenoxy) is 1. The molecule has 0 atom stereocenters. The van der Waals surface area contributed by atoms with Crippen LogP contribution in [0.2, 0.25) is 0 Å². The third-order valence-electron chi connectivity index (χ3n) is 3.99. The van der Waals surface area contributed by atoms with E-state index in [0.717, 1.165) is 24.6 Å². The van der Waals surface area contributed by atoms with Gasteiger partial charge in [-0.1, -0.05) is 20.8 Å². The number of aromatic nitrogens is 2. The molecule has 1 saturated heterocycles. The summed E-state index contributed by atoms with van der Waals surface area (Å²) in [7, 11) is 1.65. The Balaban J connectivity index is 1.81. The molecule has 2 rings (SSSR count). The van der Waals surface area contributed by atoms with E-state index >= 15 is 0 Å². The Morgan fingerprint density at radius 3 is 2.55 bits per heavy atom. The van der Waals surface area contributed by atoms with Crippen LogP contribution in [0.4, 0.5) is 5.82 Å². The molecule has 5 nitrogen and oxygen atoms in total. The summed E-state index contributed by atoms with van der Waals surface area (Å²) in [6, 6.07) is 1.87. The van der Waals surface area contributed by atoms with Crippen molar-refractivity contribution < 1.29 is 4.74 Å². The molecule has 0 unspecified atom stereocenters. The highest BCUT2D eigenvalue weighted by molar-refractivity contribution is 5.39. The fourth-order valence-corrected chi connectivity index (χ4v) is 2.64. The summed E-state index contributed by atoms with van der Waals surface area (Å²) in [5.74, 6) is 2.30. The van der Waals surface area contributed by atoms with Crippen LogP contribution in [-0.4, -0.2) is 48.2 Å². The molecule has 0 spiro atoms. The van der Waals surface area contributed by atoms with Crippen molar-refractivity contribution in [3.05, 3.63) is 11.9 Å². The number of hydrogen-bond donors (Lipinski definition) is 1. The Kier molecular flexibility index (Phi) is 6.00. The molecule has 5 heteroatoms. The van der Waals surface area contributed by atoms with Gasteiger partial charge in [0.2, 0.25) is 5.88 Å². The molecule has 1 aliphatic heterocycles. The standard InChI is InChI=1S/C17H30N4O/c1-17(2,3)16-19-14(13-15(20-16)22-4)18-9-5-6-10-21-11-7-8-12-21/h13H,5-12H2,1-4H3,(H,18,19,20). The molecule has 1 N–H and O–H groups in total. The van der Waals surface area contributed by atoms with E-state index in [-0.39, 0.29) is 5.41 Å². The Morgan fingerprint density at radius 2 is 1.91 bits per heavy atom. The maximum absolute atomic E-state index is 5.29. The van der Waals surface area contributed by atoms with Crippen LogP contribution in [-0.2, 0) is 5.41 Å². The Morgan fingerprint density at radius 1 is 1.18 bits per heavy atom. The van der Waals surface area contributed by atoms with Gasteiger partial charge in [-0.25, -0.2) is 4.98 Å². The molecule has 0 aromatic carbocycles. The normalized spacial score (nSPS) is 16.0. The lowest BCUT2D eigenvalue weighted by Crippen LogP contribution is -2.21. The van der Waals surface area contributed by atoms with E-state index in [0.29, 0.717) is 5.88 Å². The number of rotatable bonds is 7. The van der Waals surface area contributed by atoms with Gasteiger partial charge in [-0.2, -0.15) is 4.98 Å². The number of methoxy groups -OCH3 is 1. The molecule has 0 radical (unpaired) electrons. The van der Waals surface area contributed by atoms with Crippen LogP contribution in [0.15, 0.2) is 6.07 Å². The van der Waals surface area contributed by atoms with E-state index < -0.39 is 0 Å². The third-order valence-corrected chi connectivity index (χ3v) is 3.99. The van der Waals surface area contributed by atoms with E-state index in [2.05, 4.69) is 41.0 Å². The molecule has 0 saturated carbocycles. The predicted molar refractivity (Wildman–Crippen MR) is 90.7 cm³/mol. The summed E-state index contributed by atoms with van der Waals surface area (Å²) in [6.07, 6.45) is 5.14. The zero-order valence-electron chi connectivity index (χ0n) is 14.5. The van der Waals surface area contributed by atoms with Gasteiger partial charge >= 0.3 is 0 Å². The summed E-state index contributed by atoms with van der Waals surface area (Å²) >= 11 is 0. The maximum atomic E-state index is 5.29. The second-order valence-corrected chi connectivity index (χ2v) is 7.05. The van der Waals surface area contributed by atoms with Crippen molar-refractivity contribution in [2.75, 3.05) is 38.6 Å². The van der Waals surface area contributed by atoms with Crippen molar-refractivity contribution in [2.45, 2.75) is 51.9 Å². The van der Waals surface area contributed by atoms with Gasteiger partial charge < -0.3 is 15.0 Å². The molecule has 0 bridgehead atoms. The lowest BCUT2D eigenvalue weighted by atomic mass is 9.96. The van der Waals surface area contributed by atoms with Gasteiger partial charge in [0, 0.05) is 18.0 Å². The van der Waals surface area contributed by atoms with E-state index in [1.54, 1.807) is 7.11 Å². The zero-order chi connectivity index (χ0) is 16.0. The van der Waals surface area contributed by atoms with Crippen molar-refractivity contribution in [3.8, 4) is 5.88 Å². The van der Waals surface area contributed by atoms with Gasteiger partial charge in [0.1, 0.15) is 11.6 Å². The van der Waals surface area contributed by atoms with Crippen LogP contribution in [0.25, 0.3) is 0 Å². The summed E-state index contributed by atoms with van der Waals surface area (Å²) in [6.45, 7) is 11.1. The minimum Gasteiger partial charge on any atom is -0.481 e. The monoisotopic (exact) mass is 306 g/mol. The number of unbranched alkanes of at least 4 members (excludes halogenated alkanes) is 1. The van der Waals surface area contributed by atoms with E-state index in [9.17, 15) is 0 Å². The van der Waals surface area contributed by atoms with Crippen LogP contribution in [0.5, 0.6) is 5.88 Å². The molecule has 1 aromatic heterocycles. The summed E-state index contributed by atoms with van der Waals surface area (Å²) < 4.78 is 5.29. The second-order valence-electron chi connectivity index (χ2n) is 7.05. The van der Waals surface area contributed by atoms with Gasteiger partial charge in [0.25, 0.3) is 0 Å². The van der Waals surface area contributed by atoms with Crippen molar-refractivity contribution in [2.24, 2.45) is 0 Å². The number of hydrogen-bond acceptors (Lipinski definition) is 5. The highest BCUT2D eigenvalue weighted by atomic mass is 16.5. The van der Waals surface area contributed by atoms with Crippen molar-refractivity contribution in [1.29, 1.82) is 0 Å². The lowest BCUT2D eigenvalue weighted by Gasteiger charge is -2.18. The second kappa shape index (κ2) is 7.77. The molecule has 2 heterocycles. The number of likely N-dealkylation sites (tertiary alicyclic amines) is 1. The van der Waals surface area contributed by atoms with Gasteiger partial charge in [0.05, 0.1) is 7.11 Å². The Hall–Kier alpha value is -1.36. The minimum absolute atomic E-state index is 0.0826. The van der Waals surface area contributed by atoms with Crippen molar-refractivity contribution >= 4 is 5.82 Å². The smallest absolute Gasteiger partial charge is 0.218 e. The van der Waals surface area contributed by atoms with Crippen LogP contribution >= 0.6 is 0 Å². The molecular formula is C17H30N4O. The van der Waals surface area contributed by atoms with E-state index in [1.807, 2.05) is 6.07 Å². The van der Waals surface area contributed by atoms with Crippen molar-refractivity contribution in [1.82, 2.24) is 14.9 Å². The van der Waals surface area contributed by atoms with Crippen LogP contribution in [0.3, 0.4) is 0 Å². The van der Waals surface area contributed by atoms with Crippen LogP contribution < -0.4 is 10.1 Å². The highest BCUT2D eigenvalue weighted by Gasteiger charge is 2.19. The zero-order valence-corrected chi connectivity index (χ0v) is 14.5. The summed E-state index contributed by atoms with van der Waals surface area (Å²) in [5.41, 5.74) is -0.0826. The number of anilines is 1. The highest BCUT2D eigenvalue weighted by Crippen LogP contribution is 2.23. The molecule has 0 amide bonds. The number of nitrogens with zero attached hydrogens (tertiary/aromatic N) is 3. The van der Waals surface area contributed by atoms with Gasteiger partial charge in [-0.05, 0) is 45.3 Å². The van der Waals surface area contributed by atoms with Gasteiger partial charge in [-0.15, -0.1) is 0 Å². The summed E-state index contributed by atoms with van der Waals surface area (Å²) in [4.78, 5) is 11.6. The quantitative estimate of drug-likeness (QED) is 0.785. The minimum atomic E-state index is -0.0826. The first-order chi connectivity index (χ1) is 10.5. The molecule has 22 heavy (non-hydrogen) atoms. The number of nitrogens with one attached hydrogen (secondary N) is 1. The first kappa shape index (κ1) is 17.0. The lowest BCUT2D eigenvalue weighted by molar-refractivity contribution is 0.331. The average Bonchev–Trinajstić information content (AvgIpc) is 2.99. The third kappa shape index (κ3) is 5.13. The fourth-order valence-electron chi connectivity index (χ4n) is 2.64. The van der Waals surface area contributed by atoms with E-state index in [1.165, 1.54) is 38.9 Å². The van der Waals surface area contributed by atoms with E-state index in [4.69, 9.17) is 4.74 Å². The molecule has 124 valence electrons. The average molecular weight is 306 g/mol. The molecule has 0 aliphatic carbocycles. The predicted octanol–water partition coefficient (Wildman–Crippen LogP) is 3.07. The van der Waals surface area contributed by atoms with Crippen LogP contribution in [0.1, 0.15) is 52.3 Å². The molecule has 1 fully saturated rings. The first-order valence-electron chi connectivity index (χ1n) is 8.39. The SMILES string of the molecule is COc1cc(NCCCCN2CCCC2)nc(C(C)(C)C)n1. The van der Waals surface area contributed by atoms with Crippen LogP contribution in [0, 0.1) is 0 Å². The topological polar surface area (TPSA) is 50.3 Å². The Labute approximate surface area is 134 Å². The largest absolute Gasteiger partial charge is 0.481 e. The molecule has 1 aliphatic rings. The Bertz CT molecular complexity index is 464. The van der Waals surface area contributed by atoms with Gasteiger partial charge in [-0.3, -0.25) is 0 Å². The molecular weight excluding hydrogens is 276 g/mol. The first-order valence-corrected chi connectivity index (χ1v) is 8.39. The fraction of sp³-hybridized carbons (Fsp3) is 0.765. The maximum Gasteiger partial charge on any atom is 0.218 e. The summed E-state index contributed by atoms with van der Waals surface area (Å²) in [5, 5.41) is 3.41. The van der Waals surface area contributed by atoms with Gasteiger partial charge in [0.15, 0.2) is 0 Å². The molecule has 1 aromatic rings. The van der Waals surface area contributed by atoms with Crippen molar-refractivity contribution in [3.63, 3.8) is 0 Å².